The monoisotopic (exact) mass is 527 g/mol. The lowest BCUT2D eigenvalue weighted by atomic mass is 10.1. The first-order valence-electron chi connectivity index (χ1n) is 11.0. The van der Waals surface area contributed by atoms with Crippen molar-refractivity contribution in [2.75, 3.05) is 23.7 Å². The first-order chi connectivity index (χ1) is 16.0. The molecule has 0 aromatic heterocycles. The second kappa shape index (κ2) is 12.4. The largest absolute Gasteiger partial charge is 0.354 e. The topological polar surface area (TPSA) is 86.8 Å². The van der Waals surface area contributed by atoms with Crippen LogP contribution >= 0.6 is 23.2 Å². The number of carbonyl (C=O) groups excluding carboxylic acids is 2. The Bertz CT molecular complexity index is 1070. The lowest BCUT2D eigenvalue weighted by Gasteiger charge is -2.33. The van der Waals surface area contributed by atoms with Crippen molar-refractivity contribution in [3.05, 3.63) is 64.1 Å². The third kappa shape index (κ3) is 7.61. The second-order valence-corrected chi connectivity index (χ2v) is 11.1. The summed E-state index contributed by atoms with van der Waals surface area (Å²) in [5.41, 5.74) is 0.839. The van der Waals surface area contributed by atoms with Crippen LogP contribution in [0.25, 0.3) is 0 Å². The van der Waals surface area contributed by atoms with E-state index in [0.29, 0.717) is 34.3 Å². The van der Waals surface area contributed by atoms with Gasteiger partial charge in [0, 0.05) is 28.7 Å². The standard InChI is InChI=1S/C24H31Cl2N3O4S/c1-5-22(24(31)27-14-17(2)3)28(15-19-20(25)12-9-13-21(19)26)23(30)16-29(34(4,32)33)18-10-7-6-8-11-18/h6-13,17,22H,5,14-16H2,1-4H3,(H,27,31). The minimum atomic E-state index is -3.78. The quantitative estimate of drug-likeness (QED) is 0.470. The van der Waals surface area contributed by atoms with Crippen molar-refractivity contribution in [3.8, 4) is 0 Å². The number of halogens is 2. The average molecular weight is 529 g/mol. The molecule has 2 aromatic rings. The van der Waals surface area contributed by atoms with Crippen LogP contribution in [0.3, 0.4) is 0 Å². The number of para-hydroxylation sites is 1. The third-order valence-corrected chi connectivity index (χ3v) is 7.03. The number of hydrogen-bond donors (Lipinski definition) is 1. The summed E-state index contributed by atoms with van der Waals surface area (Å²) in [7, 11) is -3.78. The summed E-state index contributed by atoms with van der Waals surface area (Å²) in [6, 6.07) is 12.5. The molecule has 0 radical (unpaired) electrons. The highest BCUT2D eigenvalue weighted by Crippen LogP contribution is 2.27. The normalized spacial score (nSPS) is 12.3. The lowest BCUT2D eigenvalue weighted by molar-refractivity contribution is -0.140. The van der Waals surface area contributed by atoms with Crippen molar-refractivity contribution in [1.82, 2.24) is 10.2 Å². The number of nitrogens with zero attached hydrogens (tertiary/aromatic N) is 2. The molecule has 0 fully saturated rings. The molecule has 1 N–H and O–H groups in total. The summed E-state index contributed by atoms with van der Waals surface area (Å²) in [6.45, 7) is 5.66. The van der Waals surface area contributed by atoms with Gasteiger partial charge in [-0.15, -0.1) is 0 Å². The molecule has 1 atom stereocenters. The Balaban J connectivity index is 2.46. The highest BCUT2D eigenvalue weighted by atomic mass is 35.5. The Morgan fingerprint density at radius 3 is 2.09 bits per heavy atom. The van der Waals surface area contributed by atoms with Crippen LogP contribution in [0, 0.1) is 5.92 Å². The minimum Gasteiger partial charge on any atom is -0.354 e. The molecule has 1 unspecified atom stereocenters. The maximum absolute atomic E-state index is 13.6. The van der Waals surface area contributed by atoms with Crippen molar-refractivity contribution >= 4 is 50.7 Å². The van der Waals surface area contributed by atoms with E-state index in [1.807, 2.05) is 13.8 Å². The maximum Gasteiger partial charge on any atom is 0.244 e. The number of benzene rings is 2. The molecule has 2 rings (SSSR count). The number of sulfonamides is 1. The van der Waals surface area contributed by atoms with Crippen molar-refractivity contribution in [1.29, 1.82) is 0 Å². The van der Waals surface area contributed by atoms with E-state index in [4.69, 9.17) is 23.2 Å². The summed E-state index contributed by atoms with van der Waals surface area (Å²) < 4.78 is 26.1. The fraction of sp³-hybridized carbons (Fsp3) is 0.417. The zero-order chi connectivity index (χ0) is 25.5. The third-order valence-electron chi connectivity index (χ3n) is 5.18. The van der Waals surface area contributed by atoms with Crippen molar-refractivity contribution in [2.24, 2.45) is 5.92 Å². The molecule has 0 saturated heterocycles. The van der Waals surface area contributed by atoms with Gasteiger partial charge in [0.25, 0.3) is 0 Å². The van der Waals surface area contributed by atoms with Gasteiger partial charge < -0.3 is 10.2 Å². The fourth-order valence-corrected chi connectivity index (χ4v) is 4.77. The van der Waals surface area contributed by atoms with E-state index in [9.17, 15) is 18.0 Å². The number of amides is 2. The van der Waals surface area contributed by atoms with E-state index in [1.54, 1.807) is 55.5 Å². The molecule has 0 aliphatic heterocycles. The van der Waals surface area contributed by atoms with Crippen molar-refractivity contribution in [2.45, 2.75) is 39.8 Å². The minimum absolute atomic E-state index is 0.0443. The highest BCUT2D eigenvalue weighted by molar-refractivity contribution is 7.92. The fourth-order valence-electron chi connectivity index (χ4n) is 3.40. The molecule has 0 saturated carbocycles. The summed E-state index contributed by atoms with van der Waals surface area (Å²) in [5.74, 6) is -0.641. The van der Waals surface area contributed by atoms with Gasteiger partial charge in [-0.05, 0) is 36.6 Å². The van der Waals surface area contributed by atoms with E-state index < -0.39 is 28.5 Å². The smallest absolute Gasteiger partial charge is 0.244 e. The van der Waals surface area contributed by atoms with Gasteiger partial charge in [0.2, 0.25) is 21.8 Å². The van der Waals surface area contributed by atoms with Crippen LogP contribution in [0.5, 0.6) is 0 Å². The number of nitrogens with one attached hydrogen (secondary N) is 1. The van der Waals surface area contributed by atoms with E-state index in [1.165, 1.54) is 4.90 Å². The molecule has 0 bridgehead atoms. The summed E-state index contributed by atoms with van der Waals surface area (Å²) in [5, 5.41) is 3.57. The Kier molecular flexibility index (Phi) is 10.2. The van der Waals surface area contributed by atoms with E-state index in [-0.39, 0.29) is 18.4 Å². The molecular formula is C24H31Cl2N3O4S. The number of rotatable bonds is 11. The molecule has 2 aromatic carbocycles. The van der Waals surface area contributed by atoms with E-state index in [2.05, 4.69) is 5.32 Å². The summed E-state index contributed by atoms with van der Waals surface area (Å²) in [6.07, 6.45) is 1.36. The molecular weight excluding hydrogens is 497 g/mol. The first-order valence-corrected chi connectivity index (χ1v) is 13.6. The molecule has 10 heteroatoms. The van der Waals surface area contributed by atoms with E-state index in [0.717, 1.165) is 10.6 Å². The van der Waals surface area contributed by atoms with Gasteiger partial charge in [-0.3, -0.25) is 13.9 Å². The number of hydrogen-bond acceptors (Lipinski definition) is 4. The van der Waals surface area contributed by atoms with Crippen LogP contribution in [0.1, 0.15) is 32.8 Å². The van der Waals surface area contributed by atoms with Crippen molar-refractivity contribution < 1.29 is 18.0 Å². The van der Waals surface area contributed by atoms with Crippen LogP contribution < -0.4 is 9.62 Å². The Hall–Kier alpha value is -2.29. The molecule has 186 valence electrons. The zero-order valence-corrected chi connectivity index (χ0v) is 22.1. The molecule has 0 aliphatic carbocycles. The molecule has 0 heterocycles. The SMILES string of the molecule is CCC(C(=O)NCC(C)C)N(Cc1c(Cl)cccc1Cl)C(=O)CN(c1ccccc1)S(C)(=O)=O. The van der Waals surface area contributed by atoms with Crippen LogP contribution in [0.2, 0.25) is 10.0 Å². The first kappa shape index (κ1) is 28.0. The molecule has 0 aliphatic rings. The molecule has 0 spiro atoms. The van der Waals surface area contributed by atoms with Crippen LogP contribution in [-0.2, 0) is 26.2 Å². The predicted molar refractivity (Wildman–Crippen MR) is 138 cm³/mol. The lowest BCUT2D eigenvalue weighted by Crippen LogP contribution is -2.52. The van der Waals surface area contributed by atoms with Crippen LogP contribution in [-0.4, -0.2) is 50.5 Å². The Morgan fingerprint density at radius 1 is 1.00 bits per heavy atom. The molecule has 2 amide bonds. The van der Waals surface area contributed by atoms with Gasteiger partial charge in [0.1, 0.15) is 12.6 Å². The van der Waals surface area contributed by atoms with Crippen LogP contribution in [0.4, 0.5) is 5.69 Å². The van der Waals surface area contributed by atoms with Gasteiger partial charge >= 0.3 is 0 Å². The average Bonchev–Trinajstić information content (AvgIpc) is 2.77. The summed E-state index contributed by atoms with van der Waals surface area (Å²) in [4.78, 5) is 28.0. The second-order valence-electron chi connectivity index (χ2n) is 8.39. The van der Waals surface area contributed by atoms with Gasteiger partial charge in [-0.1, -0.05) is 68.2 Å². The van der Waals surface area contributed by atoms with Crippen LogP contribution in [0.15, 0.2) is 48.5 Å². The highest BCUT2D eigenvalue weighted by Gasteiger charge is 2.32. The predicted octanol–water partition coefficient (Wildman–Crippen LogP) is 4.34. The number of carbonyl (C=O) groups is 2. The van der Waals surface area contributed by atoms with Gasteiger partial charge in [0.15, 0.2) is 0 Å². The Labute approximate surface area is 212 Å². The zero-order valence-electron chi connectivity index (χ0n) is 19.8. The van der Waals surface area contributed by atoms with E-state index >= 15 is 0 Å². The maximum atomic E-state index is 13.6. The molecule has 7 nitrogen and oxygen atoms in total. The van der Waals surface area contributed by atoms with Gasteiger partial charge in [-0.25, -0.2) is 8.42 Å². The van der Waals surface area contributed by atoms with Gasteiger partial charge in [0.05, 0.1) is 11.9 Å². The Morgan fingerprint density at radius 2 is 1.59 bits per heavy atom. The van der Waals surface area contributed by atoms with Gasteiger partial charge in [-0.2, -0.15) is 0 Å². The molecule has 34 heavy (non-hydrogen) atoms. The summed E-state index contributed by atoms with van der Waals surface area (Å²) >= 11 is 12.7. The van der Waals surface area contributed by atoms with Crippen molar-refractivity contribution in [3.63, 3.8) is 0 Å². The number of anilines is 1.